The van der Waals surface area contributed by atoms with Gasteiger partial charge in [-0.1, -0.05) is 11.3 Å². The van der Waals surface area contributed by atoms with Gasteiger partial charge in [0.1, 0.15) is 22.3 Å². The Kier molecular flexibility index (Phi) is 6.36. The highest BCUT2D eigenvalue weighted by Gasteiger charge is 2.28. The van der Waals surface area contributed by atoms with Crippen LogP contribution in [-0.2, 0) is 0 Å². The number of nitrogens with zero attached hydrogens (tertiary/aromatic N) is 5. The van der Waals surface area contributed by atoms with Gasteiger partial charge in [0.2, 0.25) is 16.7 Å². The van der Waals surface area contributed by atoms with Gasteiger partial charge in [0, 0.05) is 57.4 Å². The van der Waals surface area contributed by atoms with Crippen molar-refractivity contribution in [2.45, 2.75) is 49.4 Å². The van der Waals surface area contributed by atoms with Crippen LogP contribution in [0.2, 0.25) is 0 Å². The molecule has 0 aliphatic carbocycles. The van der Waals surface area contributed by atoms with Gasteiger partial charge in [0.05, 0.1) is 11.4 Å². The number of aromatic amines is 1. The average molecular weight is 525 g/mol. The van der Waals surface area contributed by atoms with Gasteiger partial charge in [0.15, 0.2) is 0 Å². The standard InChI is InChI=1S/C25H26FN7OS2/c1-15-23(35-16(2)28-15)36-32-11-3-4-19(14-32)29-24-27-10-9-20(30-24)22-21(17-5-7-18(26)8-6-17)31-25-33(22)12-13-34-25/h5-8,10,12-13,19-20H,3-4,9,11,14H2,1-2H3,(H,29,30)/p+1/t19-,20?/m1/s1. The summed E-state index contributed by atoms with van der Waals surface area (Å²) >= 11 is 3.64. The summed E-state index contributed by atoms with van der Waals surface area (Å²) in [5, 5.41) is 4.81. The van der Waals surface area contributed by atoms with Crippen LogP contribution in [0.1, 0.15) is 41.7 Å². The molecule has 0 bridgehead atoms. The van der Waals surface area contributed by atoms with E-state index in [4.69, 9.17) is 9.41 Å². The van der Waals surface area contributed by atoms with Crippen molar-refractivity contribution in [2.75, 3.05) is 13.1 Å². The van der Waals surface area contributed by atoms with Crippen LogP contribution in [0.5, 0.6) is 0 Å². The van der Waals surface area contributed by atoms with Crippen LogP contribution >= 0.6 is 23.3 Å². The van der Waals surface area contributed by atoms with Crippen molar-refractivity contribution in [1.82, 2.24) is 19.0 Å². The monoisotopic (exact) mass is 524 g/mol. The third-order valence-electron chi connectivity index (χ3n) is 6.40. The summed E-state index contributed by atoms with van der Waals surface area (Å²) in [6.45, 7) is 6.22. The molecule has 186 valence electrons. The van der Waals surface area contributed by atoms with Gasteiger partial charge in [0.25, 0.3) is 0 Å². The van der Waals surface area contributed by atoms with E-state index in [-0.39, 0.29) is 17.9 Å². The molecular formula is C25H27FN7OS2+. The molecule has 2 N–H and O–H groups in total. The lowest BCUT2D eigenvalue weighted by Gasteiger charge is -2.32. The van der Waals surface area contributed by atoms with Crippen LogP contribution in [0, 0.1) is 19.7 Å². The van der Waals surface area contributed by atoms with E-state index in [1.54, 1.807) is 29.7 Å². The Morgan fingerprint density at radius 3 is 2.92 bits per heavy atom. The lowest BCUT2D eigenvalue weighted by Crippen LogP contribution is -2.45. The molecule has 0 amide bonds. The first-order chi connectivity index (χ1) is 17.5. The Labute approximate surface area is 216 Å². The van der Waals surface area contributed by atoms with Crippen LogP contribution in [0.15, 0.2) is 55.3 Å². The smallest absolute Gasteiger partial charge is 0.306 e. The minimum absolute atomic E-state index is 0.181. The van der Waals surface area contributed by atoms with Crippen molar-refractivity contribution in [3.8, 4) is 11.3 Å². The van der Waals surface area contributed by atoms with E-state index in [2.05, 4.69) is 38.4 Å². The molecule has 2 aliphatic heterocycles. The summed E-state index contributed by atoms with van der Waals surface area (Å²) in [6.07, 6.45) is 8.22. The van der Waals surface area contributed by atoms with Crippen molar-refractivity contribution < 1.29 is 13.8 Å². The van der Waals surface area contributed by atoms with Crippen LogP contribution < -0.4 is 10.3 Å². The van der Waals surface area contributed by atoms with Crippen LogP contribution in [-0.4, -0.2) is 45.0 Å². The van der Waals surface area contributed by atoms with E-state index in [0.717, 1.165) is 42.9 Å². The minimum Gasteiger partial charge on any atom is -0.432 e. The zero-order valence-electron chi connectivity index (χ0n) is 20.1. The van der Waals surface area contributed by atoms with Crippen molar-refractivity contribution in [2.24, 2.45) is 9.98 Å². The lowest BCUT2D eigenvalue weighted by molar-refractivity contribution is -0.391. The highest BCUT2D eigenvalue weighted by Crippen LogP contribution is 2.35. The maximum atomic E-state index is 13.5. The fourth-order valence-electron chi connectivity index (χ4n) is 4.75. The quantitative estimate of drug-likeness (QED) is 0.377. The molecule has 5 heterocycles. The molecule has 0 radical (unpaired) electrons. The topological polar surface area (TPSA) is 84.6 Å². The second-order valence-corrected chi connectivity index (χ2v) is 11.7. The number of benzene rings is 1. The van der Waals surface area contributed by atoms with E-state index in [0.29, 0.717) is 18.2 Å². The number of nitrogens with one attached hydrogen (secondary N) is 2. The maximum absolute atomic E-state index is 13.5. The number of hydrogen-bond acceptors (Lipinski definition) is 8. The number of imidazole rings is 1. The molecule has 11 heteroatoms. The van der Waals surface area contributed by atoms with Gasteiger partial charge >= 0.3 is 5.84 Å². The number of aromatic nitrogens is 3. The first-order valence-electron chi connectivity index (χ1n) is 12.0. The van der Waals surface area contributed by atoms with E-state index in [1.807, 2.05) is 28.8 Å². The SMILES string of the molecule is Cc1[nH+]c(C)c(SN2CCC[C@@H](NC3=NC(c4c(-c5ccc(F)cc5)nc5occn45)CC=N3)C2)s1. The summed E-state index contributed by atoms with van der Waals surface area (Å²) in [5.41, 5.74) is 3.71. The molecule has 1 saturated heterocycles. The minimum atomic E-state index is -0.278. The first kappa shape index (κ1) is 23.4. The Balaban J connectivity index is 1.22. The Hall–Kier alpha value is -3.02. The molecule has 4 aromatic rings. The third kappa shape index (κ3) is 4.70. The summed E-state index contributed by atoms with van der Waals surface area (Å²) in [7, 11) is 0. The van der Waals surface area contributed by atoms with Gasteiger partial charge in [-0.25, -0.2) is 23.7 Å². The fraction of sp³-hybridized carbons (Fsp3) is 0.360. The Bertz CT molecular complexity index is 1440. The van der Waals surface area contributed by atoms with Crippen LogP contribution in [0.3, 0.4) is 0 Å². The van der Waals surface area contributed by atoms with Crippen molar-refractivity contribution >= 4 is 41.3 Å². The zero-order chi connectivity index (χ0) is 24.6. The molecule has 0 spiro atoms. The molecule has 8 nitrogen and oxygen atoms in total. The van der Waals surface area contributed by atoms with Gasteiger partial charge in [-0.05, 0) is 49.1 Å². The van der Waals surface area contributed by atoms with Gasteiger partial charge in [-0.3, -0.25) is 4.40 Å². The lowest BCUT2D eigenvalue weighted by atomic mass is 10.0. The molecule has 36 heavy (non-hydrogen) atoms. The highest BCUT2D eigenvalue weighted by atomic mass is 32.2. The van der Waals surface area contributed by atoms with Gasteiger partial charge < -0.3 is 9.73 Å². The number of H-pyrrole nitrogens is 1. The molecule has 6 rings (SSSR count). The number of guanidine groups is 1. The van der Waals surface area contributed by atoms with Crippen LogP contribution in [0.25, 0.3) is 17.1 Å². The highest BCUT2D eigenvalue weighted by molar-refractivity contribution is 7.99. The molecular weight excluding hydrogens is 497 g/mol. The molecule has 1 fully saturated rings. The molecule has 1 aromatic carbocycles. The van der Waals surface area contributed by atoms with Crippen LogP contribution in [0.4, 0.5) is 4.39 Å². The van der Waals surface area contributed by atoms with Crippen molar-refractivity contribution in [3.63, 3.8) is 0 Å². The average Bonchev–Trinajstić information content (AvgIpc) is 3.54. The number of hydrogen-bond donors (Lipinski definition) is 1. The molecule has 2 aliphatic rings. The van der Waals surface area contributed by atoms with E-state index < -0.39 is 0 Å². The van der Waals surface area contributed by atoms with E-state index in [1.165, 1.54) is 27.0 Å². The number of rotatable bonds is 5. The van der Waals surface area contributed by atoms with Crippen molar-refractivity contribution in [3.05, 3.63) is 58.9 Å². The number of aliphatic imine (C=N–C) groups is 2. The van der Waals surface area contributed by atoms with Gasteiger partial charge in [-0.2, -0.15) is 4.98 Å². The number of halogens is 1. The predicted molar refractivity (Wildman–Crippen MR) is 140 cm³/mol. The predicted octanol–water partition coefficient (Wildman–Crippen LogP) is 4.86. The first-order valence-corrected chi connectivity index (χ1v) is 13.6. The number of thiazole rings is 1. The van der Waals surface area contributed by atoms with Crippen molar-refractivity contribution in [1.29, 1.82) is 0 Å². The second-order valence-electron chi connectivity index (χ2n) is 9.08. The number of piperidine rings is 1. The Morgan fingerprint density at radius 1 is 1.25 bits per heavy atom. The van der Waals surface area contributed by atoms with E-state index in [9.17, 15) is 4.39 Å². The summed E-state index contributed by atoms with van der Waals surface area (Å²) < 4.78 is 24.8. The molecule has 0 saturated carbocycles. The Morgan fingerprint density at radius 2 is 2.11 bits per heavy atom. The maximum Gasteiger partial charge on any atom is 0.306 e. The summed E-state index contributed by atoms with van der Waals surface area (Å²) in [6, 6.07) is 6.46. The number of fused-ring (bicyclic) bond motifs is 1. The summed E-state index contributed by atoms with van der Waals surface area (Å²) in [5.74, 6) is 0.857. The number of oxazole rings is 1. The second kappa shape index (κ2) is 9.79. The normalized spacial score (nSPS) is 20.7. The summed E-state index contributed by atoms with van der Waals surface area (Å²) in [4.78, 5) is 17.6. The largest absolute Gasteiger partial charge is 0.432 e. The molecule has 3 aromatic heterocycles. The third-order valence-corrected chi connectivity index (χ3v) is 8.83. The van der Waals surface area contributed by atoms with E-state index >= 15 is 0 Å². The molecule has 2 atom stereocenters. The molecule has 1 unspecified atom stereocenters. The zero-order valence-corrected chi connectivity index (χ0v) is 21.7. The van der Waals surface area contributed by atoms with Gasteiger partial charge in [-0.15, -0.1) is 0 Å². The fourth-order valence-corrected chi connectivity index (χ4v) is 7.17. The number of aryl methyl sites for hydroxylation is 2.